The molecule has 2 rings (SSSR count). The summed E-state index contributed by atoms with van der Waals surface area (Å²) in [6, 6.07) is 2.69. The normalized spacial score (nSPS) is 15.0. The van der Waals surface area contributed by atoms with Gasteiger partial charge in [-0.3, -0.25) is 9.59 Å². The van der Waals surface area contributed by atoms with Gasteiger partial charge in [0, 0.05) is 13.1 Å². The third-order valence-electron chi connectivity index (χ3n) is 6.14. The highest BCUT2D eigenvalue weighted by Gasteiger charge is 2.37. The standard InChI is InChI=1S/C25H35F4NO3/c1-2-3-4-5-6-7-8-9-10-18-33-24(32)19-14-16-30(17-15-19)23(31)20-12-11-13-21(22(20)26)25(27,28)29/h11-13,19H,2-10,14-18H2,1H3. The van der Waals surface area contributed by atoms with Crippen molar-refractivity contribution in [2.45, 2.75) is 83.7 Å². The maximum Gasteiger partial charge on any atom is 0.419 e. The molecule has 4 nitrogen and oxygen atoms in total. The van der Waals surface area contributed by atoms with Crippen LogP contribution in [-0.4, -0.2) is 36.5 Å². The smallest absolute Gasteiger partial charge is 0.419 e. The van der Waals surface area contributed by atoms with Crippen LogP contribution in [0, 0.1) is 11.7 Å². The van der Waals surface area contributed by atoms with Crippen molar-refractivity contribution in [1.29, 1.82) is 0 Å². The van der Waals surface area contributed by atoms with Gasteiger partial charge in [0.25, 0.3) is 5.91 Å². The highest BCUT2D eigenvalue weighted by Crippen LogP contribution is 2.33. The third kappa shape index (κ3) is 8.63. The number of alkyl halides is 3. The number of piperidine rings is 1. The van der Waals surface area contributed by atoms with Crippen LogP contribution in [0.1, 0.15) is 93.5 Å². The van der Waals surface area contributed by atoms with Crippen LogP contribution in [0.4, 0.5) is 17.6 Å². The van der Waals surface area contributed by atoms with Gasteiger partial charge in [-0.2, -0.15) is 13.2 Å². The van der Waals surface area contributed by atoms with Gasteiger partial charge >= 0.3 is 12.1 Å². The molecule has 8 heteroatoms. The van der Waals surface area contributed by atoms with Crippen molar-refractivity contribution in [2.24, 2.45) is 5.92 Å². The van der Waals surface area contributed by atoms with E-state index in [9.17, 15) is 27.2 Å². The van der Waals surface area contributed by atoms with Gasteiger partial charge < -0.3 is 9.64 Å². The van der Waals surface area contributed by atoms with Gasteiger partial charge in [0.05, 0.1) is 23.7 Å². The molecule has 0 radical (unpaired) electrons. The van der Waals surface area contributed by atoms with E-state index in [2.05, 4.69) is 6.92 Å². The van der Waals surface area contributed by atoms with Crippen molar-refractivity contribution >= 4 is 11.9 Å². The molecule has 0 aliphatic carbocycles. The molecule has 0 aromatic heterocycles. The van der Waals surface area contributed by atoms with Crippen molar-refractivity contribution in [3.8, 4) is 0 Å². The van der Waals surface area contributed by atoms with Gasteiger partial charge in [-0.05, 0) is 31.4 Å². The molecule has 1 heterocycles. The zero-order valence-electron chi connectivity index (χ0n) is 19.4. The number of rotatable bonds is 12. The number of amides is 1. The topological polar surface area (TPSA) is 46.6 Å². The van der Waals surface area contributed by atoms with E-state index < -0.39 is 29.0 Å². The molecule has 1 amide bonds. The second-order valence-corrected chi connectivity index (χ2v) is 8.73. The predicted octanol–water partition coefficient (Wildman–Crippen LogP) is 6.77. The number of carbonyl (C=O) groups is 2. The van der Waals surface area contributed by atoms with Gasteiger partial charge in [0.15, 0.2) is 0 Å². The average molecular weight is 474 g/mol. The molecule has 0 spiro atoms. The Morgan fingerprint density at radius 3 is 2.12 bits per heavy atom. The third-order valence-corrected chi connectivity index (χ3v) is 6.14. The Bertz CT molecular complexity index is 759. The largest absolute Gasteiger partial charge is 0.465 e. The number of nitrogens with zero attached hydrogens (tertiary/aromatic N) is 1. The Kier molecular flexibility index (Phi) is 11.1. The highest BCUT2D eigenvalue weighted by molar-refractivity contribution is 5.95. The zero-order valence-corrected chi connectivity index (χ0v) is 19.4. The average Bonchev–Trinajstić information content (AvgIpc) is 2.79. The van der Waals surface area contributed by atoms with Crippen molar-refractivity contribution in [1.82, 2.24) is 4.90 Å². The molecule has 0 atom stereocenters. The van der Waals surface area contributed by atoms with Crippen LogP contribution in [-0.2, 0) is 15.7 Å². The molecule has 1 aromatic rings. The Morgan fingerprint density at radius 1 is 0.970 bits per heavy atom. The molecule has 0 bridgehead atoms. The van der Waals surface area contributed by atoms with Crippen LogP contribution in [0.3, 0.4) is 0 Å². The summed E-state index contributed by atoms with van der Waals surface area (Å²) in [4.78, 5) is 26.1. The fourth-order valence-corrected chi connectivity index (χ4v) is 4.11. The summed E-state index contributed by atoms with van der Waals surface area (Å²) in [7, 11) is 0. The Balaban J connectivity index is 1.68. The van der Waals surface area contributed by atoms with E-state index in [-0.39, 0.29) is 25.0 Å². The van der Waals surface area contributed by atoms with Gasteiger partial charge in [-0.25, -0.2) is 4.39 Å². The molecule has 0 N–H and O–H groups in total. The number of esters is 1. The van der Waals surface area contributed by atoms with E-state index >= 15 is 0 Å². The number of hydrogen-bond acceptors (Lipinski definition) is 3. The van der Waals surface area contributed by atoms with E-state index in [0.717, 1.165) is 31.4 Å². The predicted molar refractivity (Wildman–Crippen MR) is 118 cm³/mol. The van der Waals surface area contributed by atoms with Gasteiger partial charge in [-0.15, -0.1) is 0 Å². The molecule has 1 fully saturated rings. The number of unbranched alkanes of at least 4 members (excludes halogenated alkanes) is 8. The summed E-state index contributed by atoms with van der Waals surface area (Å²) < 4.78 is 58.3. The number of likely N-dealkylation sites (tertiary alicyclic amines) is 1. The Morgan fingerprint density at radius 2 is 1.55 bits per heavy atom. The summed E-state index contributed by atoms with van der Waals surface area (Å²) in [5, 5.41) is 0. The lowest BCUT2D eigenvalue weighted by Crippen LogP contribution is -2.41. The molecule has 33 heavy (non-hydrogen) atoms. The number of halogens is 4. The molecule has 0 unspecified atom stereocenters. The minimum atomic E-state index is -4.87. The van der Waals surface area contributed by atoms with Crippen LogP contribution in [0.15, 0.2) is 18.2 Å². The van der Waals surface area contributed by atoms with Crippen molar-refractivity contribution < 1.29 is 31.9 Å². The second-order valence-electron chi connectivity index (χ2n) is 8.73. The number of hydrogen-bond donors (Lipinski definition) is 0. The molecule has 1 aliphatic rings. The van der Waals surface area contributed by atoms with Gasteiger partial charge in [-0.1, -0.05) is 64.4 Å². The number of benzene rings is 1. The molecular weight excluding hydrogens is 438 g/mol. The second kappa shape index (κ2) is 13.6. The van der Waals surface area contributed by atoms with Crippen LogP contribution in [0.25, 0.3) is 0 Å². The first kappa shape index (κ1) is 27.1. The summed E-state index contributed by atoms with van der Waals surface area (Å²) in [6.07, 6.45) is 6.40. The fourth-order valence-electron chi connectivity index (χ4n) is 4.11. The first-order valence-corrected chi connectivity index (χ1v) is 12.1. The van der Waals surface area contributed by atoms with Crippen LogP contribution in [0.5, 0.6) is 0 Å². The highest BCUT2D eigenvalue weighted by atomic mass is 19.4. The minimum absolute atomic E-state index is 0.173. The van der Waals surface area contributed by atoms with Crippen LogP contribution < -0.4 is 0 Å². The zero-order chi connectivity index (χ0) is 24.3. The monoisotopic (exact) mass is 473 g/mol. The molecule has 1 saturated heterocycles. The molecule has 1 aliphatic heterocycles. The fraction of sp³-hybridized carbons (Fsp3) is 0.680. The van der Waals surface area contributed by atoms with E-state index in [0.29, 0.717) is 25.5 Å². The SMILES string of the molecule is CCCCCCCCCCCOC(=O)C1CCN(C(=O)c2cccc(C(F)(F)F)c2F)CC1. The number of ether oxygens (including phenoxy) is 1. The van der Waals surface area contributed by atoms with Crippen molar-refractivity contribution in [2.75, 3.05) is 19.7 Å². The summed E-state index contributed by atoms with van der Waals surface area (Å²) in [5.41, 5.74) is -2.06. The molecule has 186 valence electrons. The first-order valence-electron chi connectivity index (χ1n) is 12.1. The molecular formula is C25H35F4NO3. The maximum absolute atomic E-state index is 14.3. The lowest BCUT2D eigenvalue weighted by Gasteiger charge is -2.31. The minimum Gasteiger partial charge on any atom is -0.465 e. The van der Waals surface area contributed by atoms with E-state index in [1.807, 2.05) is 0 Å². The molecule has 0 saturated carbocycles. The number of carbonyl (C=O) groups excluding carboxylic acids is 2. The van der Waals surface area contributed by atoms with E-state index in [1.54, 1.807) is 0 Å². The summed E-state index contributed by atoms with van der Waals surface area (Å²) >= 11 is 0. The maximum atomic E-state index is 14.3. The lowest BCUT2D eigenvalue weighted by molar-refractivity contribution is -0.150. The Labute approximate surface area is 193 Å². The Hall–Kier alpha value is -2.12. The van der Waals surface area contributed by atoms with E-state index in [4.69, 9.17) is 4.74 Å². The molecule has 1 aromatic carbocycles. The van der Waals surface area contributed by atoms with Gasteiger partial charge in [0.1, 0.15) is 5.82 Å². The van der Waals surface area contributed by atoms with E-state index in [1.165, 1.54) is 43.4 Å². The summed E-state index contributed by atoms with van der Waals surface area (Å²) in [6.45, 7) is 2.92. The first-order chi connectivity index (χ1) is 15.8. The van der Waals surface area contributed by atoms with Crippen LogP contribution in [0.2, 0.25) is 0 Å². The van der Waals surface area contributed by atoms with Crippen molar-refractivity contribution in [3.63, 3.8) is 0 Å². The van der Waals surface area contributed by atoms with Crippen molar-refractivity contribution in [3.05, 3.63) is 35.1 Å². The summed E-state index contributed by atoms with van der Waals surface area (Å²) in [5.74, 6) is -3.00. The lowest BCUT2D eigenvalue weighted by atomic mass is 9.96. The van der Waals surface area contributed by atoms with Crippen LogP contribution >= 0.6 is 0 Å². The van der Waals surface area contributed by atoms with Gasteiger partial charge in [0.2, 0.25) is 0 Å². The quantitative estimate of drug-likeness (QED) is 0.191.